The van der Waals surface area contributed by atoms with E-state index in [1.165, 1.54) is 0 Å². The van der Waals surface area contributed by atoms with Crippen LogP contribution in [0.4, 0.5) is 32.0 Å². The lowest BCUT2D eigenvalue weighted by Crippen LogP contribution is -2.52. The Morgan fingerprint density at radius 3 is 2.15 bits per heavy atom. The van der Waals surface area contributed by atoms with E-state index in [9.17, 15) is 31.1 Å². The maximum Gasteiger partial charge on any atom is 0.416 e. The lowest BCUT2D eigenvalue weighted by atomic mass is 10.1. The number of nitrogens with zero attached hydrogens (tertiary/aromatic N) is 1. The molecule has 26 heavy (non-hydrogen) atoms. The van der Waals surface area contributed by atoms with Crippen LogP contribution in [0, 0.1) is 0 Å². The predicted octanol–water partition coefficient (Wildman–Crippen LogP) is 3.38. The number of piperazine rings is 1. The maximum absolute atomic E-state index is 12.8. The van der Waals surface area contributed by atoms with Gasteiger partial charge in [-0.15, -0.1) is 12.4 Å². The number of benzene rings is 1. The van der Waals surface area contributed by atoms with Crippen LogP contribution < -0.4 is 10.6 Å². The molecule has 1 saturated heterocycles. The third kappa shape index (κ3) is 6.03. The monoisotopic (exact) mass is 405 g/mol. The van der Waals surface area contributed by atoms with E-state index in [2.05, 4.69) is 10.6 Å². The van der Waals surface area contributed by atoms with Crippen molar-refractivity contribution in [1.82, 2.24) is 10.2 Å². The molecule has 0 aromatic heterocycles. The van der Waals surface area contributed by atoms with E-state index in [0.717, 1.165) is 0 Å². The molecule has 0 unspecified atom stereocenters. The topological polar surface area (TPSA) is 44.4 Å². The zero-order chi connectivity index (χ0) is 18.8. The van der Waals surface area contributed by atoms with Gasteiger partial charge in [0, 0.05) is 31.4 Å². The minimum Gasteiger partial charge on any atom is -0.325 e. The second kappa shape index (κ2) is 8.45. The largest absolute Gasteiger partial charge is 0.416 e. The molecule has 0 spiro atoms. The minimum absolute atomic E-state index is 0. The normalized spacial score (nSPS) is 19.0. The van der Waals surface area contributed by atoms with Crippen LogP contribution in [0.25, 0.3) is 0 Å². The number of amides is 1. The van der Waals surface area contributed by atoms with Gasteiger partial charge < -0.3 is 10.6 Å². The second-order valence-electron chi connectivity index (χ2n) is 5.87. The Kier molecular flexibility index (Phi) is 7.32. The molecule has 0 saturated carbocycles. The van der Waals surface area contributed by atoms with Gasteiger partial charge in [-0.2, -0.15) is 26.3 Å². The number of carbonyl (C=O) groups excluding carboxylic acids is 1. The Balaban J connectivity index is 0.00000338. The molecule has 1 aliphatic rings. The Morgan fingerprint density at radius 2 is 1.69 bits per heavy atom. The molecule has 4 nitrogen and oxygen atoms in total. The van der Waals surface area contributed by atoms with Crippen LogP contribution in [0.15, 0.2) is 18.2 Å². The van der Waals surface area contributed by atoms with Crippen molar-refractivity contribution >= 4 is 24.0 Å². The first-order chi connectivity index (χ1) is 11.5. The SMILES string of the molecule is C[C@H]1CNCCN1CC(=O)Nc1cc(C(F)(F)F)cc(C(F)(F)F)c1.Cl. The van der Waals surface area contributed by atoms with E-state index in [-0.39, 0.29) is 31.1 Å². The summed E-state index contributed by atoms with van der Waals surface area (Å²) in [6, 6.07) is 1.04. The highest BCUT2D eigenvalue weighted by Crippen LogP contribution is 2.37. The van der Waals surface area contributed by atoms with Gasteiger partial charge in [0.1, 0.15) is 0 Å². The summed E-state index contributed by atoms with van der Waals surface area (Å²) in [4.78, 5) is 13.8. The molecule has 0 aliphatic carbocycles. The molecule has 148 valence electrons. The molecule has 1 amide bonds. The van der Waals surface area contributed by atoms with E-state index in [4.69, 9.17) is 0 Å². The van der Waals surface area contributed by atoms with Gasteiger partial charge in [0.05, 0.1) is 17.7 Å². The molecule has 0 radical (unpaired) electrons. The molecular formula is C15H18ClF6N3O. The number of anilines is 1. The molecule has 2 N–H and O–H groups in total. The van der Waals surface area contributed by atoms with Crippen molar-refractivity contribution < 1.29 is 31.1 Å². The summed E-state index contributed by atoms with van der Waals surface area (Å²) in [5.74, 6) is -0.666. The zero-order valence-corrected chi connectivity index (χ0v) is 14.5. The molecule has 0 bridgehead atoms. The number of nitrogens with one attached hydrogen (secondary N) is 2. The van der Waals surface area contributed by atoms with Crippen molar-refractivity contribution in [3.8, 4) is 0 Å². The number of alkyl halides is 6. The third-order valence-electron chi connectivity index (χ3n) is 3.86. The number of halogens is 7. The third-order valence-corrected chi connectivity index (χ3v) is 3.86. The van der Waals surface area contributed by atoms with E-state index in [1.807, 2.05) is 6.92 Å². The van der Waals surface area contributed by atoms with Crippen LogP contribution >= 0.6 is 12.4 Å². The molecule has 1 aliphatic heterocycles. The molecule has 1 atom stereocenters. The number of hydrogen-bond donors (Lipinski definition) is 2. The van der Waals surface area contributed by atoms with Gasteiger partial charge in [-0.25, -0.2) is 0 Å². The zero-order valence-electron chi connectivity index (χ0n) is 13.7. The first-order valence-corrected chi connectivity index (χ1v) is 7.51. The van der Waals surface area contributed by atoms with Crippen LogP contribution in [0.1, 0.15) is 18.1 Å². The smallest absolute Gasteiger partial charge is 0.325 e. The van der Waals surface area contributed by atoms with Gasteiger partial charge in [0.25, 0.3) is 0 Å². The standard InChI is InChI=1S/C15H17F6N3O.ClH/c1-9-7-22-2-3-24(9)8-13(25)23-12-5-10(14(16,17)18)4-11(6-12)15(19,20)21;/h4-6,9,22H,2-3,7-8H2,1H3,(H,23,25);1H/t9-;/m0./s1. The van der Waals surface area contributed by atoms with Crippen LogP contribution in [-0.4, -0.2) is 43.0 Å². The number of carbonyl (C=O) groups is 1. The van der Waals surface area contributed by atoms with E-state index < -0.39 is 35.1 Å². The van der Waals surface area contributed by atoms with Crippen molar-refractivity contribution in [2.24, 2.45) is 0 Å². The number of hydrogen-bond acceptors (Lipinski definition) is 3. The minimum atomic E-state index is -4.95. The molecule has 11 heteroatoms. The first kappa shape index (κ1) is 22.5. The average molecular weight is 406 g/mol. The van der Waals surface area contributed by atoms with E-state index >= 15 is 0 Å². The molecular weight excluding hydrogens is 388 g/mol. The molecule has 1 heterocycles. The van der Waals surface area contributed by atoms with Crippen LogP contribution in [-0.2, 0) is 17.1 Å². The first-order valence-electron chi connectivity index (χ1n) is 7.51. The predicted molar refractivity (Wildman–Crippen MR) is 86.2 cm³/mol. The fraction of sp³-hybridized carbons (Fsp3) is 0.533. The summed E-state index contributed by atoms with van der Waals surface area (Å²) in [5, 5.41) is 5.25. The van der Waals surface area contributed by atoms with Gasteiger partial charge >= 0.3 is 12.4 Å². The second-order valence-corrected chi connectivity index (χ2v) is 5.87. The Bertz CT molecular complexity index is 603. The van der Waals surface area contributed by atoms with Crippen LogP contribution in [0.5, 0.6) is 0 Å². The summed E-state index contributed by atoms with van der Waals surface area (Å²) in [6.45, 7) is 3.62. The van der Waals surface area contributed by atoms with Gasteiger partial charge in [0.2, 0.25) is 5.91 Å². The highest BCUT2D eigenvalue weighted by Gasteiger charge is 2.37. The summed E-state index contributed by atoms with van der Waals surface area (Å²) >= 11 is 0. The fourth-order valence-corrected chi connectivity index (χ4v) is 2.53. The van der Waals surface area contributed by atoms with Gasteiger partial charge in [-0.1, -0.05) is 0 Å². The van der Waals surface area contributed by atoms with Crippen LogP contribution in [0.3, 0.4) is 0 Å². The summed E-state index contributed by atoms with van der Waals surface area (Å²) < 4.78 is 76.8. The van der Waals surface area contributed by atoms with Crippen molar-refractivity contribution in [3.05, 3.63) is 29.3 Å². The quantitative estimate of drug-likeness (QED) is 0.758. The highest BCUT2D eigenvalue weighted by atomic mass is 35.5. The Hall–Kier alpha value is -1.52. The lowest BCUT2D eigenvalue weighted by molar-refractivity contribution is -0.143. The number of rotatable bonds is 3. The van der Waals surface area contributed by atoms with Gasteiger partial charge in [0.15, 0.2) is 0 Å². The van der Waals surface area contributed by atoms with Crippen molar-refractivity contribution in [3.63, 3.8) is 0 Å². The van der Waals surface area contributed by atoms with Gasteiger partial charge in [-0.3, -0.25) is 9.69 Å². The Labute approximate surface area is 152 Å². The summed E-state index contributed by atoms with van der Waals surface area (Å²) in [5.41, 5.74) is -3.46. The highest BCUT2D eigenvalue weighted by molar-refractivity contribution is 5.92. The fourth-order valence-electron chi connectivity index (χ4n) is 2.53. The lowest BCUT2D eigenvalue weighted by Gasteiger charge is -2.33. The van der Waals surface area contributed by atoms with Crippen molar-refractivity contribution in [2.75, 3.05) is 31.5 Å². The maximum atomic E-state index is 12.8. The van der Waals surface area contributed by atoms with Gasteiger partial charge in [-0.05, 0) is 25.1 Å². The van der Waals surface area contributed by atoms with Crippen molar-refractivity contribution in [1.29, 1.82) is 0 Å². The van der Waals surface area contributed by atoms with Crippen LogP contribution in [0.2, 0.25) is 0 Å². The Morgan fingerprint density at radius 1 is 1.15 bits per heavy atom. The van der Waals surface area contributed by atoms with Crippen molar-refractivity contribution in [2.45, 2.75) is 25.3 Å². The molecule has 1 fully saturated rings. The average Bonchev–Trinajstić information content (AvgIpc) is 2.47. The molecule has 1 aromatic carbocycles. The van der Waals surface area contributed by atoms with E-state index in [1.54, 1.807) is 4.90 Å². The summed E-state index contributed by atoms with van der Waals surface area (Å²) in [7, 11) is 0. The summed E-state index contributed by atoms with van der Waals surface area (Å²) in [6.07, 6.45) is -9.90. The van der Waals surface area contributed by atoms with E-state index in [0.29, 0.717) is 31.8 Å². The molecule has 1 aromatic rings. The molecule has 2 rings (SSSR count).